The van der Waals surface area contributed by atoms with Crippen molar-refractivity contribution < 1.29 is 9.90 Å². The first-order chi connectivity index (χ1) is 9.99. The third kappa shape index (κ3) is 3.66. The smallest absolute Gasteiger partial charge is 0.335 e. The van der Waals surface area contributed by atoms with E-state index in [0.29, 0.717) is 5.52 Å². The maximum atomic E-state index is 11.0. The molecule has 0 spiro atoms. The van der Waals surface area contributed by atoms with Gasteiger partial charge >= 0.3 is 5.97 Å². The zero-order valence-corrected chi connectivity index (χ0v) is 12.6. The molecule has 1 heterocycles. The molecule has 112 valence electrons. The van der Waals surface area contributed by atoms with Gasteiger partial charge in [0.2, 0.25) is 0 Å². The number of carboxylic acid groups (broad SMARTS) is 1. The molecule has 0 fully saturated rings. The van der Waals surface area contributed by atoms with Gasteiger partial charge in [-0.2, -0.15) is 0 Å². The highest BCUT2D eigenvalue weighted by atomic mass is 16.4. The van der Waals surface area contributed by atoms with Crippen molar-refractivity contribution in [1.82, 2.24) is 14.9 Å². The van der Waals surface area contributed by atoms with E-state index in [0.717, 1.165) is 30.7 Å². The second kappa shape index (κ2) is 6.49. The molecule has 1 N–H and O–H groups in total. The molecule has 0 bridgehead atoms. The van der Waals surface area contributed by atoms with Crippen LogP contribution in [0.25, 0.3) is 10.9 Å². The Morgan fingerprint density at radius 1 is 1.19 bits per heavy atom. The minimum Gasteiger partial charge on any atom is -0.478 e. The fourth-order valence-electron chi connectivity index (χ4n) is 2.21. The molecule has 6 nitrogen and oxygen atoms in total. The fraction of sp³-hybridized carbons (Fsp3) is 0.400. The van der Waals surface area contributed by atoms with Crippen LogP contribution < -0.4 is 4.90 Å². The van der Waals surface area contributed by atoms with Gasteiger partial charge in [0.05, 0.1) is 11.1 Å². The molecule has 2 rings (SSSR count). The van der Waals surface area contributed by atoms with Gasteiger partial charge in [-0.25, -0.2) is 14.8 Å². The highest BCUT2D eigenvalue weighted by Gasteiger charge is 2.11. The zero-order valence-electron chi connectivity index (χ0n) is 12.6. The third-order valence-corrected chi connectivity index (χ3v) is 3.32. The summed E-state index contributed by atoms with van der Waals surface area (Å²) >= 11 is 0. The Labute approximate surface area is 124 Å². The average Bonchev–Trinajstić information content (AvgIpc) is 2.45. The first-order valence-corrected chi connectivity index (χ1v) is 6.83. The lowest BCUT2D eigenvalue weighted by atomic mass is 10.1. The Morgan fingerprint density at radius 3 is 2.62 bits per heavy atom. The Bertz CT molecular complexity index is 643. The molecule has 0 saturated heterocycles. The van der Waals surface area contributed by atoms with Crippen LogP contribution in [0.5, 0.6) is 0 Å². The summed E-state index contributed by atoms with van der Waals surface area (Å²) in [6.07, 6.45) is 2.51. The second-order valence-corrected chi connectivity index (χ2v) is 5.31. The monoisotopic (exact) mass is 288 g/mol. The number of aromatic nitrogens is 2. The lowest BCUT2D eigenvalue weighted by Crippen LogP contribution is -2.24. The number of anilines is 1. The van der Waals surface area contributed by atoms with Crippen LogP contribution in [0.2, 0.25) is 0 Å². The first-order valence-electron chi connectivity index (χ1n) is 6.83. The molecular weight excluding hydrogens is 268 g/mol. The van der Waals surface area contributed by atoms with Gasteiger partial charge in [0, 0.05) is 19.0 Å². The number of hydrogen-bond donors (Lipinski definition) is 1. The largest absolute Gasteiger partial charge is 0.478 e. The lowest BCUT2D eigenvalue weighted by Gasteiger charge is -2.20. The molecule has 0 aliphatic carbocycles. The molecule has 0 radical (unpaired) electrons. The van der Waals surface area contributed by atoms with Crippen LogP contribution in [-0.2, 0) is 0 Å². The zero-order chi connectivity index (χ0) is 15.4. The molecule has 0 atom stereocenters. The Morgan fingerprint density at radius 2 is 1.95 bits per heavy atom. The van der Waals surface area contributed by atoms with Crippen molar-refractivity contribution in [3.05, 3.63) is 30.1 Å². The number of carbonyl (C=O) groups is 1. The van der Waals surface area contributed by atoms with Crippen LogP contribution >= 0.6 is 0 Å². The number of fused-ring (bicyclic) bond motifs is 1. The van der Waals surface area contributed by atoms with Gasteiger partial charge < -0.3 is 14.9 Å². The quantitative estimate of drug-likeness (QED) is 0.872. The maximum absolute atomic E-state index is 11.0. The van der Waals surface area contributed by atoms with Crippen molar-refractivity contribution >= 4 is 22.7 Å². The van der Waals surface area contributed by atoms with Gasteiger partial charge in [0.1, 0.15) is 12.1 Å². The van der Waals surface area contributed by atoms with E-state index in [-0.39, 0.29) is 5.56 Å². The van der Waals surface area contributed by atoms with E-state index in [4.69, 9.17) is 5.11 Å². The van der Waals surface area contributed by atoms with E-state index in [1.807, 2.05) is 21.1 Å². The number of carboxylic acids is 1. The van der Waals surface area contributed by atoms with E-state index in [2.05, 4.69) is 19.8 Å². The number of hydrogen-bond acceptors (Lipinski definition) is 5. The molecule has 0 saturated carbocycles. The summed E-state index contributed by atoms with van der Waals surface area (Å²) < 4.78 is 0. The summed E-state index contributed by atoms with van der Waals surface area (Å²) in [6, 6.07) is 4.94. The highest BCUT2D eigenvalue weighted by molar-refractivity contribution is 5.96. The van der Waals surface area contributed by atoms with Crippen molar-refractivity contribution in [3.63, 3.8) is 0 Å². The highest BCUT2D eigenvalue weighted by Crippen LogP contribution is 2.23. The van der Waals surface area contributed by atoms with Crippen LogP contribution in [0.4, 0.5) is 5.82 Å². The predicted octanol–water partition coefficient (Wildman–Crippen LogP) is 1.72. The number of nitrogens with zero attached hydrogens (tertiary/aromatic N) is 4. The standard InChI is InChI=1S/C15H20N4O2/c1-18(2)7-4-8-19(3)14-12-6-5-11(15(20)21)9-13(12)16-10-17-14/h5-6,9-10H,4,7-8H2,1-3H3,(H,20,21). The summed E-state index contributed by atoms with van der Waals surface area (Å²) in [6.45, 7) is 1.89. The van der Waals surface area contributed by atoms with Crippen molar-refractivity contribution in [2.75, 3.05) is 39.1 Å². The maximum Gasteiger partial charge on any atom is 0.335 e. The number of aromatic carboxylic acids is 1. The third-order valence-electron chi connectivity index (χ3n) is 3.32. The molecule has 2 aromatic rings. The van der Waals surface area contributed by atoms with Gasteiger partial charge in [0.15, 0.2) is 0 Å². The van der Waals surface area contributed by atoms with Crippen LogP contribution in [0, 0.1) is 0 Å². The summed E-state index contributed by atoms with van der Waals surface area (Å²) in [5, 5.41) is 9.90. The summed E-state index contributed by atoms with van der Waals surface area (Å²) in [7, 11) is 6.09. The number of rotatable bonds is 6. The normalized spacial score (nSPS) is 11.0. The average molecular weight is 288 g/mol. The Kier molecular flexibility index (Phi) is 4.70. The molecule has 0 unspecified atom stereocenters. The van der Waals surface area contributed by atoms with E-state index in [1.165, 1.54) is 6.33 Å². The molecule has 6 heteroatoms. The second-order valence-electron chi connectivity index (χ2n) is 5.31. The van der Waals surface area contributed by atoms with Crippen molar-refractivity contribution in [2.45, 2.75) is 6.42 Å². The SMILES string of the molecule is CN(C)CCCN(C)c1ncnc2cc(C(=O)O)ccc12. The molecule has 0 aliphatic rings. The molecular formula is C15H20N4O2. The van der Waals surface area contributed by atoms with Crippen molar-refractivity contribution in [1.29, 1.82) is 0 Å². The van der Waals surface area contributed by atoms with Gasteiger partial charge in [-0.3, -0.25) is 0 Å². The van der Waals surface area contributed by atoms with E-state index < -0.39 is 5.97 Å². The Balaban J connectivity index is 2.25. The number of benzene rings is 1. The lowest BCUT2D eigenvalue weighted by molar-refractivity contribution is 0.0697. The minimum absolute atomic E-state index is 0.238. The molecule has 21 heavy (non-hydrogen) atoms. The van der Waals surface area contributed by atoms with Crippen LogP contribution in [-0.4, -0.2) is 60.2 Å². The van der Waals surface area contributed by atoms with E-state index in [1.54, 1.807) is 18.2 Å². The summed E-state index contributed by atoms with van der Waals surface area (Å²) in [4.78, 5) is 23.7. The Hall–Kier alpha value is -2.21. The molecule has 1 aromatic carbocycles. The molecule has 1 aromatic heterocycles. The van der Waals surface area contributed by atoms with Crippen LogP contribution in [0.15, 0.2) is 24.5 Å². The van der Waals surface area contributed by atoms with Crippen molar-refractivity contribution in [2.24, 2.45) is 0 Å². The van der Waals surface area contributed by atoms with Gasteiger partial charge in [0.25, 0.3) is 0 Å². The molecule has 0 amide bonds. The van der Waals surface area contributed by atoms with Crippen LogP contribution in [0.3, 0.4) is 0 Å². The first kappa shape index (κ1) is 15.2. The van der Waals surface area contributed by atoms with Crippen LogP contribution in [0.1, 0.15) is 16.8 Å². The summed E-state index contributed by atoms with van der Waals surface area (Å²) in [5.74, 6) is -0.118. The van der Waals surface area contributed by atoms with Crippen molar-refractivity contribution in [3.8, 4) is 0 Å². The fourth-order valence-corrected chi connectivity index (χ4v) is 2.21. The van der Waals surface area contributed by atoms with Gasteiger partial charge in [-0.05, 0) is 45.3 Å². The predicted molar refractivity (Wildman–Crippen MR) is 82.9 cm³/mol. The summed E-state index contributed by atoms with van der Waals surface area (Å²) in [5.41, 5.74) is 0.891. The van der Waals surface area contributed by atoms with E-state index in [9.17, 15) is 4.79 Å². The minimum atomic E-state index is -0.948. The van der Waals surface area contributed by atoms with Gasteiger partial charge in [-0.15, -0.1) is 0 Å². The van der Waals surface area contributed by atoms with Gasteiger partial charge in [-0.1, -0.05) is 0 Å². The van der Waals surface area contributed by atoms with E-state index >= 15 is 0 Å². The molecule has 0 aliphatic heterocycles. The topological polar surface area (TPSA) is 69.6 Å².